The largest absolute Gasteiger partial charge is 0.497 e. The highest BCUT2D eigenvalue weighted by molar-refractivity contribution is 5.64. The SMILES string of the molecule is COc1cc(F)cc(-c2cc(=O)n3cc(N4CCNC(C)C4)ccc3n2)c1. The van der Waals surface area contributed by atoms with Crippen LogP contribution in [0.3, 0.4) is 0 Å². The highest BCUT2D eigenvalue weighted by Gasteiger charge is 2.17. The van der Waals surface area contributed by atoms with E-state index >= 15 is 0 Å². The van der Waals surface area contributed by atoms with Gasteiger partial charge in [-0.05, 0) is 31.2 Å². The number of ether oxygens (including phenoxy) is 1. The number of hydrogen-bond donors (Lipinski definition) is 1. The number of aromatic nitrogens is 2. The molecule has 1 saturated heterocycles. The van der Waals surface area contributed by atoms with Crippen LogP contribution in [0, 0.1) is 5.82 Å². The summed E-state index contributed by atoms with van der Waals surface area (Å²) in [5, 5.41) is 3.41. The Morgan fingerprint density at radius 1 is 1.26 bits per heavy atom. The summed E-state index contributed by atoms with van der Waals surface area (Å²) < 4.78 is 20.4. The monoisotopic (exact) mass is 368 g/mol. The smallest absolute Gasteiger partial charge is 0.258 e. The summed E-state index contributed by atoms with van der Waals surface area (Å²) in [4.78, 5) is 19.5. The maximum atomic E-state index is 13.8. The molecule has 1 fully saturated rings. The van der Waals surface area contributed by atoms with Gasteiger partial charge in [0.2, 0.25) is 0 Å². The van der Waals surface area contributed by atoms with Crippen LogP contribution in [0.4, 0.5) is 10.1 Å². The number of halogens is 1. The minimum atomic E-state index is -0.436. The van der Waals surface area contributed by atoms with Crippen LogP contribution in [0.5, 0.6) is 5.75 Å². The minimum Gasteiger partial charge on any atom is -0.497 e. The molecule has 3 heterocycles. The lowest BCUT2D eigenvalue weighted by atomic mass is 10.1. The Morgan fingerprint density at radius 2 is 2.11 bits per heavy atom. The van der Waals surface area contributed by atoms with Crippen LogP contribution >= 0.6 is 0 Å². The molecule has 6 nitrogen and oxygen atoms in total. The lowest BCUT2D eigenvalue weighted by molar-refractivity contribution is 0.411. The molecule has 1 aliphatic rings. The third-order valence-electron chi connectivity index (χ3n) is 4.78. The molecule has 0 amide bonds. The number of anilines is 1. The van der Waals surface area contributed by atoms with Gasteiger partial charge in [0, 0.05) is 49.6 Å². The zero-order valence-electron chi connectivity index (χ0n) is 15.3. The third kappa shape index (κ3) is 3.50. The summed E-state index contributed by atoms with van der Waals surface area (Å²) in [6.07, 6.45) is 1.82. The van der Waals surface area contributed by atoms with Crippen molar-refractivity contribution in [1.82, 2.24) is 14.7 Å². The fourth-order valence-electron chi connectivity index (χ4n) is 3.42. The molecule has 1 N–H and O–H groups in total. The van der Waals surface area contributed by atoms with Gasteiger partial charge < -0.3 is 15.0 Å². The number of piperazine rings is 1. The van der Waals surface area contributed by atoms with Gasteiger partial charge in [-0.15, -0.1) is 0 Å². The molecule has 1 unspecified atom stereocenters. The number of benzene rings is 1. The number of nitrogens with zero attached hydrogens (tertiary/aromatic N) is 3. The van der Waals surface area contributed by atoms with Crippen LogP contribution < -0.4 is 20.5 Å². The Hall–Kier alpha value is -2.93. The molecule has 0 bridgehead atoms. The van der Waals surface area contributed by atoms with Crippen molar-refractivity contribution in [3.63, 3.8) is 0 Å². The number of hydrogen-bond acceptors (Lipinski definition) is 5. The van der Waals surface area contributed by atoms with Gasteiger partial charge in [0.1, 0.15) is 17.2 Å². The molecule has 4 rings (SSSR count). The number of methoxy groups -OCH3 is 1. The van der Waals surface area contributed by atoms with Crippen LogP contribution in [-0.2, 0) is 0 Å². The molecule has 1 atom stereocenters. The predicted octanol–water partition coefficient (Wildman–Crippen LogP) is 2.31. The first-order chi connectivity index (χ1) is 13.0. The maximum absolute atomic E-state index is 13.8. The van der Waals surface area contributed by atoms with E-state index in [4.69, 9.17) is 4.74 Å². The van der Waals surface area contributed by atoms with E-state index in [1.54, 1.807) is 6.07 Å². The van der Waals surface area contributed by atoms with E-state index in [9.17, 15) is 9.18 Å². The average molecular weight is 368 g/mol. The van der Waals surface area contributed by atoms with E-state index < -0.39 is 5.82 Å². The van der Waals surface area contributed by atoms with Gasteiger partial charge in [0.05, 0.1) is 18.5 Å². The van der Waals surface area contributed by atoms with E-state index in [-0.39, 0.29) is 5.56 Å². The topological polar surface area (TPSA) is 58.9 Å². The fraction of sp³-hybridized carbons (Fsp3) is 0.300. The molecule has 7 heteroatoms. The molecule has 1 aromatic carbocycles. The quantitative estimate of drug-likeness (QED) is 0.769. The molecule has 0 spiro atoms. The number of nitrogens with one attached hydrogen (secondary N) is 1. The lowest BCUT2D eigenvalue weighted by Crippen LogP contribution is -2.49. The van der Waals surface area contributed by atoms with Crippen molar-refractivity contribution < 1.29 is 9.13 Å². The van der Waals surface area contributed by atoms with Crippen LogP contribution in [0.15, 0.2) is 47.4 Å². The van der Waals surface area contributed by atoms with Gasteiger partial charge in [-0.2, -0.15) is 0 Å². The van der Waals surface area contributed by atoms with Crippen LogP contribution in [-0.4, -0.2) is 42.2 Å². The first-order valence-corrected chi connectivity index (χ1v) is 8.90. The zero-order valence-corrected chi connectivity index (χ0v) is 15.3. The van der Waals surface area contributed by atoms with E-state index in [1.165, 1.54) is 29.7 Å². The fourth-order valence-corrected chi connectivity index (χ4v) is 3.42. The van der Waals surface area contributed by atoms with Gasteiger partial charge in [-0.3, -0.25) is 9.20 Å². The van der Waals surface area contributed by atoms with Gasteiger partial charge >= 0.3 is 0 Å². The predicted molar refractivity (Wildman–Crippen MR) is 103 cm³/mol. The first-order valence-electron chi connectivity index (χ1n) is 8.90. The Kier molecular flexibility index (Phi) is 4.53. The van der Waals surface area contributed by atoms with Crippen LogP contribution in [0.1, 0.15) is 6.92 Å². The van der Waals surface area contributed by atoms with Crippen molar-refractivity contribution in [2.24, 2.45) is 0 Å². The summed E-state index contributed by atoms with van der Waals surface area (Å²) in [6, 6.07) is 9.91. The van der Waals surface area contributed by atoms with Gasteiger partial charge in [-0.1, -0.05) is 0 Å². The molecule has 0 aliphatic carbocycles. The molecular weight excluding hydrogens is 347 g/mol. The molecule has 27 heavy (non-hydrogen) atoms. The minimum absolute atomic E-state index is 0.205. The number of pyridine rings is 1. The van der Waals surface area contributed by atoms with Gasteiger partial charge in [0.25, 0.3) is 5.56 Å². The highest BCUT2D eigenvalue weighted by atomic mass is 19.1. The lowest BCUT2D eigenvalue weighted by Gasteiger charge is -2.33. The Labute approximate surface area is 156 Å². The Balaban J connectivity index is 1.76. The maximum Gasteiger partial charge on any atom is 0.258 e. The molecule has 140 valence electrons. The Morgan fingerprint density at radius 3 is 2.89 bits per heavy atom. The molecular formula is C20H21FN4O2. The summed E-state index contributed by atoms with van der Waals surface area (Å²) in [6.45, 7) is 4.82. The summed E-state index contributed by atoms with van der Waals surface area (Å²) in [5.41, 5.74) is 2.23. The van der Waals surface area contributed by atoms with Crippen molar-refractivity contribution in [3.8, 4) is 17.0 Å². The van der Waals surface area contributed by atoms with E-state index in [2.05, 4.69) is 22.1 Å². The summed E-state index contributed by atoms with van der Waals surface area (Å²) in [7, 11) is 1.47. The van der Waals surface area contributed by atoms with Crippen molar-refractivity contribution in [3.05, 3.63) is 58.8 Å². The number of rotatable bonds is 3. The van der Waals surface area contributed by atoms with Crippen molar-refractivity contribution in [2.75, 3.05) is 31.6 Å². The summed E-state index contributed by atoms with van der Waals surface area (Å²) >= 11 is 0. The van der Waals surface area contributed by atoms with Crippen LogP contribution in [0.2, 0.25) is 0 Å². The van der Waals surface area contributed by atoms with Crippen molar-refractivity contribution in [2.45, 2.75) is 13.0 Å². The zero-order chi connectivity index (χ0) is 19.0. The van der Waals surface area contributed by atoms with E-state index in [1.807, 2.05) is 18.3 Å². The summed E-state index contributed by atoms with van der Waals surface area (Å²) in [5.74, 6) is -0.0512. The van der Waals surface area contributed by atoms with Gasteiger partial charge in [-0.25, -0.2) is 9.37 Å². The van der Waals surface area contributed by atoms with E-state index in [0.717, 1.165) is 25.3 Å². The first kappa shape index (κ1) is 17.5. The standard InChI is InChI=1S/C20H21FN4O2/c1-13-11-24(6-5-22-13)16-3-4-19-23-18(10-20(26)25(19)12-16)14-7-15(21)9-17(8-14)27-2/h3-4,7-10,12-13,22H,5-6,11H2,1-2H3. The molecule has 1 aliphatic heterocycles. The van der Waals surface area contributed by atoms with Crippen LogP contribution in [0.25, 0.3) is 16.9 Å². The Bertz CT molecular complexity index is 1050. The molecule has 0 radical (unpaired) electrons. The second-order valence-corrected chi connectivity index (χ2v) is 6.78. The number of fused-ring (bicyclic) bond motifs is 1. The van der Waals surface area contributed by atoms with E-state index in [0.29, 0.717) is 28.7 Å². The van der Waals surface area contributed by atoms with Gasteiger partial charge in [0.15, 0.2) is 0 Å². The second kappa shape index (κ2) is 7.00. The molecule has 0 saturated carbocycles. The highest BCUT2D eigenvalue weighted by Crippen LogP contribution is 2.24. The second-order valence-electron chi connectivity index (χ2n) is 6.78. The average Bonchev–Trinajstić information content (AvgIpc) is 2.67. The molecule has 3 aromatic rings. The van der Waals surface area contributed by atoms with Crippen molar-refractivity contribution in [1.29, 1.82) is 0 Å². The normalized spacial score (nSPS) is 17.3. The third-order valence-corrected chi connectivity index (χ3v) is 4.78. The van der Waals surface area contributed by atoms with Crippen molar-refractivity contribution >= 4 is 11.3 Å². The molecule has 2 aromatic heterocycles.